The number of aliphatic hydroxyl groups is 1. The molecule has 1 N–H and O–H groups in total. The Balaban J connectivity index is 1.94. The van der Waals surface area contributed by atoms with Crippen LogP contribution in [0, 0.1) is 0 Å². The van der Waals surface area contributed by atoms with Gasteiger partial charge in [0.2, 0.25) is 5.91 Å². The van der Waals surface area contributed by atoms with E-state index in [9.17, 15) is 22.7 Å². The fraction of sp³-hybridized carbons (Fsp3) is 0.462. The third-order valence-corrected chi connectivity index (χ3v) is 4.99. The van der Waals surface area contributed by atoms with Crippen molar-refractivity contribution in [1.29, 1.82) is 0 Å². The van der Waals surface area contributed by atoms with Crippen LogP contribution in [0.1, 0.15) is 6.42 Å². The topological polar surface area (TPSA) is 74.7 Å². The predicted octanol–water partition coefficient (Wildman–Crippen LogP) is 0.392. The first kappa shape index (κ1) is 14.9. The number of hydrogen-bond acceptors (Lipinski definition) is 4. The molecule has 0 aliphatic carbocycles. The Morgan fingerprint density at radius 1 is 1.30 bits per heavy atom. The van der Waals surface area contributed by atoms with E-state index in [2.05, 4.69) is 0 Å². The first-order valence-electron chi connectivity index (χ1n) is 6.28. The highest BCUT2D eigenvalue weighted by Crippen LogP contribution is 2.16. The van der Waals surface area contributed by atoms with Crippen molar-refractivity contribution in [3.8, 4) is 0 Å². The Labute approximate surface area is 116 Å². The van der Waals surface area contributed by atoms with Gasteiger partial charge in [0.15, 0.2) is 9.84 Å². The van der Waals surface area contributed by atoms with Crippen molar-refractivity contribution >= 4 is 15.7 Å². The SMILES string of the molecule is O=C(CCS(=O)(=O)c1ccccc1)N1C[C@H](O)[C@@H](F)C1. The molecule has 0 aromatic heterocycles. The summed E-state index contributed by atoms with van der Waals surface area (Å²) >= 11 is 0. The molecule has 0 bridgehead atoms. The smallest absolute Gasteiger partial charge is 0.223 e. The van der Waals surface area contributed by atoms with Crippen LogP contribution in [0.4, 0.5) is 4.39 Å². The quantitative estimate of drug-likeness (QED) is 0.873. The van der Waals surface area contributed by atoms with Gasteiger partial charge in [0.05, 0.1) is 17.2 Å². The molecule has 1 aromatic rings. The Morgan fingerprint density at radius 2 is 1.95 bits per heavy atom. The lowest BCUT2D eigenvalue weighted by Gasteiger charge is -2.15. The first-order valence-corrected chi connectivity index (χ1v) is 7.93. The molecule has 1 fully saturated rings. The zero-order chi connectivity index (χ0) is 14.8. The number of nitrogens with zero attached hydrogens (tertiary/aromatic N) is 1. The summed E-state index contributed by atoms with van der Waals surface area (Å²) in [6, 6.07) is 7.86. The average Bonchev–Trinajstić information content (AvgIpc) is 2.77. The molecule has 110 valence electrons. The van der Waals surface area contributed by atoms with Crippen molar-refractivity contribution in [3.05, 3.63) is 30.3 Å². The van der Waals surface area contributed by atoms with E-state index in [1.165, 1.54) is 12.1 Å². The van der Waals surface area contributed by atoms with Crippen LogP contribution in [-0.2, 0) is 14.6 Å². The van der Waals surface area contributed by atoms with Crippen molar-refractivity contribution in [2.45, 2.75) is 23.6 Å². The Bertz CT molecular complexity index is 565. The molecule has 1 aromatic carbocycles. The maximum atomic E-state index is 13.1. The highest BCUT2D eigenvalue weighted by atomic mass is 32.2. The average molecular weight is 301 g/mol. The fourth-order valence-electron chi connectivity index (χ4n) is 2.08. The molecule has 0 saturated carbocycles. The number of aliphatic hydroxyl groups excluding tert-OH is 1. The Hall–Kier alpha value is -1.47. The van der Waals surface area contributed by atoms with E-state index >= 15 is 0 Å². The zero-order valence-electron chi connectivity index (χ0n) is 10.8. The summed E-state index contributed by atoms with van der Waals surface area (Å²) in [4.78, 5) is 13.1. The van der Waals surface area contributed by atoms with Gasteiger partial charge in [0, 0.05) is 13.0 Å². The third-order valence-electron chi connectivity index (χ3n) is 3.26. The molecule has 1 aliphatic heterocycles. The van der Waals surface area contributed by atoms with Gasteiger partial charge in [-0.2, -0.15) is 0 Å². The second kappa shape index (κ2) is 5.88. The molecule has 1 saturated heterocycles. The molecule has 1 heterocycles. The van der Waals surface area contributed by atoms with Crippen LogP contribution < -0.4 is 0 Å². The molecule has 0 radical (unpaired) electrons. The van der Waals surface area contributed by atoms with Crippen LogP contribution in [0.15, 0.2) is 35.2 Å². The highest BCUT2D eigenvalue weighted by molar-refractivity contribution is 7.91. The van der Waals surface area contributed by atoms with Crippen molar-refractivity contribution in [3.63, 3.8) is 0 Å². The second-order valence-corrected chi connectivity index (χ2v) is 6.87. The number of sulfone groups is 1. The standard InChI is InChI=1S/C13H16FNO4S/c14-11-8-15(9-12(11)16)13(17)6-7-20(18,19)10-4-2-1-3-5-10/h1-5,11-12,16H,6-9H2/t11-,12-/m0/s1. The monoisotopic (exact) mass is 301 g/mol. The van der Waals surface area contributed by atoms with Crippen molar-refractivity contribution in [1.82, 2.24) is 4.90 Å². The zero-order valence-corrected chi connectivity index (χ0v) is 11.6. The van der Waals surface area contributed by atoms with Gasteiger partial charge in [0.25, 0.3) is 0 Å². The van der Waals surface area contributed by atoms with Gasteiger partial charge in [0.1, 0.15) is 12.3 Å². The number of benzene rings is 1. The van der Waals surface area contributed by atoms with Crippen molar-refractivity contribution in [2.24, 2.45) is 0 Å². The summed E-state index contributed by atoms with van der Waals surface area (Å²) in [5.41, 5.74) is 0. The number of carbonyl (C=O) groups excluding carboxylic acids is 1. The summed E-state index contributed by atoms with van der Waals surface area (Å²) in [5, 5.41) is 9.24. The van der Waals surface area contributed by atoms with E-state index in [1.54, 1.807) is 18.2 Å². The van der Waals surface area contributed by atoms with E-state index in [4.69, 9.17) is 0 Å². The van der Waals surface area contributed by atoms with E-state index in [1.807, 2.05) is 0 Å². The molecular weight excluding hydrogens is 285 g/mol. The number of halogens is 1. The number of alkyl halides is 1. The normalized spacial score (nSPS) is 23.0. The lowest BCUT2D eigenvalue weighted by molar-refractivity contribution is -0.130. The lowest BCUT2D eigenvalue weighted by atomic mass is 10.3. The molecule has 0 unspecified atom stereocenters. The molecule has 7 heteroatoms. The molecule has 2 atom stereocenters. The minimum absolute atomic E-state index is 0.0780. The number of carbonyl (C=O) groups is 1. The van der Waals surface area contributed by atoms with Gasteiger partial charge in [-0.1, -0.05) is 18.2 Å². The summed E-state index contributed by atoms with van der Waals surface area (Å²) in [6.45, 7) is -0.253. The van der Waals surface area contributed by atoms with Gasteiger partial charge in [-0.3, -0.25) is 4.79 Å². The minimum atomic E-state index is -3.52. The summed E-state index contributed by atoms with van der Waals surface area (Å²) in [5.74, 6) is -0.775. The number of hydrogen-bond donors (Lipinski definition) is 1. The summed E-state index contributed by atoms with van der Waals surface area (Å²) < 4.78 is 37.1. The predicted molar refractivity (Wildman–Crippen MR) is 70.6 cm³/mol. The Kier molecular flexibility index (Phi) is 4.39. The molecule has 20 heavy (non-hydrogen) atoms. The van der Waals surface area contributed by atoms with Crippen LogP contribution in [0.3, 0.4) is 0 Å². The molecule has 1 aliphatic rings. The van der Waals surface area contributed by atoms with Crippen molar-refractivity contribution < 1.29 is 22.7 Å². The van der Waals surface area contributed by atoms with Gasteiger partial charge < -0.3 is 10.0 Å². The van der Waals surface area contributed by atoms with Crippen LogP contribution in [0.5, 0.6) is 0 Å². The summed E-state index contributed by atoms with van der Waals surface area (Å²) in [6.07, 6.45) is -2.84. The van der Waals surface area contributed by atoms with E-state index < -0.39 is 28.0 Å². The highest BCUT2D eigenvalue weighted by Gasteiger charge is 2.34. The molecule has 0 spiro atoms. The number of likely N-dealkylation sites (tertiary alicyclic amines) is 1. The minimum Gasteiger partial charge on any atom is -0.388 e. The fourth-order valence-corrected chi connectivity index (χ4v) is 3.33. The molecular formula is C13H16FNO4S. The van der Waals surface area contributed by atoms with Crippen molar-refractivity contribution in [2.75, 3.05) is 18.8 Å². The number of amides is 1. The summed E-state index contributed by atoms with van der Waals surface area (Å²) in [7, 11) is -3.52. The van der Waals surface area contributed by atoms with Crippen LogP contribution in [0.25, 0.3) is 0 Å². The van der Waals surface area contributed by atoms with Gasteiger partial charge in [-0.05, 0) is 12.1 Å². The Morgan fingerprint density at radius 3 is 2.50 bits per heavy atom. The van der Waals surface area contributed by atoms with Crippen LogP contribution in [-0.4, -0.2) is 55.4 Å². The largest absolute Gasteiger partial charge is 0.388 e. The van der Waals surface area contributed by atoms with Gasteiger partial charge in [-0.25, -0.2) is 12.8 Å². The van der Waals surface area contributed by atoms with E-state index in [0.29, 0.717) is 0 Å². The van der Waals surface area contributed by atoms with Gasteiger partial charge >= 0.3 is 0 Å². The van der Waals surface area contributed by atoms with E-state index in [0.717, 1.165) is 4.90 Å². The molecule has 5 nitrogen and oxygen atoms in total. The number of rotatable bonds is 4. The molecule has 1 amide bonds. The first-order chi connectivity index (χ1) is 9.40. The maximum absolute atomic E-state index is 13.1. The van der Waals surface area contributed by atoms with E-state index in [-0.39, 0.29) is 30.2 Å². The van der Waals surface area contributed by atoms with Crippen LogP contribution >= 0.6 is 0 Å². The number of β-amino-alcohol motifs (C(OH)–C–C–N with tert-alkyl or cyclic N) is 1. The van der Waals surface area contributed by atoms with Crippen LogP contribution in [0.2, 0.25) is 0 Å². The lowest BCUT2D eigenvalue weighted by Crippen LogP contribution is -2.31. The molecule has 2 rings (SSSR count). The third kappa shape index (κ3) is 3.34. The van der Waals surface area contributed by atoms with Gasteiger partial charge in [-0.15, -0.1) is 0 Å². The second-order valence-electron chi connectivity index (χ2n) is 4.76. The maximum Gasteiger partial charge on any atom is 0.223 e.